The lowest BCUT2D eigenvalue weighted by Crippen LogP contribution is -2.48. The number of ether oxygens (including phenoxy) is 1. The summed E-state index contributed by atoms with van der Waals surface area (Å²) in [6.07, 6.45) is 4.19. The summed E-state index contributed by atoms with van der Waals surface area (Å²) < 4.78 is 5.72. The minimum absolute atomic E-state index is 0. The molecule has 0 spiro atoms. The first-order chi connectivity index (χ1) is 13.1. The summed E-state index contributed by atoms with van der Waals surface area (Å²) in [6.45, 7) is 8.95. The molecule has 2 unspecified atom stereocenters. The topological polar surface area (TPSA) is 69.1 Å². The van der Waals surface area contributed by atoms with Crippen molar-refractivity contribution in [2.75, 3.05) is 39.3 Å². The molecule has 1 aromatic heterocycles. The van der Waals surface area contributed by atoms with Crippen molar-refractivity contribution in [2.45, 2.75) is 57.3 Å². The van der Waals surface area contributed by atoms with Crippen LogP contribution in [0.2, 0.25) is 0 Å². The predicted molar refractivity (Wildman–Crippen MR) is 127 cm³/mol. The second-order valence-corrected chi connectivity index (χ2v) is 8.69. The number of nitrogens with one attached hydrogen (secondary N) is 2. The Hall–Kier alpha value is -0.420. The molecule has 8 heteroatoms. The standard InChI is InChI=1S/C20H34N4O2S.HI/c1-3-21-19(23-15-20(25)8-4-5-9-20)22-13-17(18-7-6-12-27-18)24-10-11-26-16(2)14-24;/h6-7,12,16-17,25H,3-5,8-11,13-15H2,1-2H3,(H2,21,22,23);1H. The van der Waals surface area contributed by atoms with Gasteiger partial charge in [0.2, 0.25) is 0 Å². The number of thiophene rings is 1. The number of aliphatic hydroxyl groups is 1. The van der Waals surface area contributed by atoms with Gasteiger partial charge in [-0.1, -0.05) is 18.9 Å². The molecule has 1 aliphatic carbocycles. The Kier molecular flexibility index (Phi) is 9.96. The third-order valence-corrected chi connectivity index (χ3v) is 6.43. The number of hydrogen-bond donors (Lipinski definition) is 3. The lowest BCUT2D eigenvalue weighted by Gasteiger charge is -2.37. The van der Waals surface area contributed by atoms with Gasteiger partial charge in [-0.25, -0.2) is 0 Å². The van der Waals surface area contributed by atoms with Crippen molar-refractivity contribution in [1.82, 2.24) is 15.5 Å². The monoisotopic (exact) mass is 522 g/mol. The SMILES string of the molecule is CCNC(=NCC1(O)CCCC1)NCC(c1cccs1)N1CCOC(C)C1.I. The van der Waals surface area contributed by atoms with E-state index < -0.39 is 5.60 Å². The summed E-state index contributed by atoms with van der Waals surface area (Å²) in [5.74, 6) is 0.792. The van der Waals surface area contributed by atoms with E-state index in [1.165, 1.54) is 4.88 Å². The predicted octanol–water partition coefficient (Wildman–Crippen LogP) is 2.99. The van der Waals surface area contributed by atoms with Gasteiger partial charge in [0, 0.05) is 31.1 Å². The molecule has 2 aliphatic rings. The molecular formula is C20H35IN4O2S. The third kappa shape index (κ3) is 6.83. The summed E-state index contributed by atoms with van der Waals surface area (Å²) in [7, 11) is 0. The Bertz CT molecular complexity index is 593. The molecule has 6 nitrogen and oxygen atoms in total. The minimum Gasteiger partial charge on any atom is -0.388 e. The lowest BCUT2D eigenvalue weighted by molar-refractivity contribution is -0.0334. The van der Waals surface area contributed by atoms with Crippen molar-refractivity contribution in [1.29, 1.82) is 0 Å². The molecule has 1 aliphatic heterocycles. The van der Waals surface area contributed by atoms with Crippen molar-refractivity contribution >= 4 is 41.3 Å². The Morgan fingerprint density at radius 3 is 2.86 bits per heavy atom. The number of guanidine groups is 1. The maximum atomic E-state index is 10.6. The van der Waals surface area contributed by atoms with Gasteiger partial charge in [0.15, 0.2) is 5.96 Å². The van der Waals surface area contributed by atoms with Gasteiger partial charge in [0.25, 0.3) is 0 Å². The van der Waals surface area contributed by atoms with Crippen LogP contribution in [0.4, 0.5) is 0 Å². The molecule has 3 rings (SSSR count). The first-order valence-electron chi connectivity index (χ1n) is 10.2. The van der Waals surface area contributed by atoms with Crippen LogP contribution in [-0.2, 0) is 4.74 Å². The molecule has 2 fully saturated rings. The molecule has 2 atom stereocenters. The molecular weight excluding hydrogens is 487 g/mol. The van der Waals surface area contributed by atoms with Crippen molar-refractivity contribution in [3.05, 3.63) is 22.4 Å². The van der Waals surface area contributed by atoms with Crippen LogP contribution in [0.1, 0.15) is 50.4 Å². The fourth-order valence-corrected chi connectivity index (χ4v) is 4.83. The number of aliphatic imine (C=N–C) groups is 1. The van der Waals surface area contributed by atoms with Gasteiger partial charge in [-0.2, -0.15) is 0 Å². The maximum Gasteiger partial charge on any atom is 0.191 e. The smallest absolute Gasteiger partial charge is 0.191 e. The van der Waals surface area contributed by atoms with Crippen LogP contribution in [0, 0.1) is 0 Å². The number of rotatable bonds is 7. The van der Waals surface area contributed by atoms with Gasteiger partial charge in [-0.15, -0.1) is 35.3 Å². The van der Waals surface area contributed by atoms with E-state index >= 15 is 0 Å². The summed E-state index contributed by atoms with van der Waals surface area (Å²) in [6, 6.07) is 4.63. The summed E-state index contributed by atoms with van der Waals surface area (Å²) >= 11 is 1.80. The summed E-state index contributed by atoms with van der Waals surface area (Å²) in [4.78, 5) is 8.55. The minimum atomic E-state index is -0.616. The zero-order valence-corrected chi connectivity index (χ0v) is 20.2. The normalized spacial score (nSPS) is 23.8. The highest BCUT2D eigenvalue weighted by atomic mass is 127. The fraction of sp³-hybridized carbons (Fsp3) is 0.750. The Labute approximate surface area is 190 Å². The van der Waals surface area contributed by atoms with Gasteiger partial charge in [-0.3, -0.25) is 9.89 Å². The van der Waals surface area contributed by atoms with E-state index in [0.29, 0.717) is 12.6 Å². The first kappa shape index (κ1) is 23.9. The van der Waals surface area contributed by atoms with E-state index in [2.05, 4.69) is 51.9 Å². The van der Waals surface area contributed by atoms with E-state index in [4.69, 9.17) is 4.74 Å². The fourth-order valence-electron chi connectivity index (χ4n) is 3.97. The van der Waals surface area contributed by atoms with Gasteiger partial charge >= 0.3 is 0 Å². The van der Waals surface area contributed by atoms with Crippen LogP contribution in [0.5, 0.6) is 0 Å². The molecule has 0 radical (unpaired) electrons. The Morgan fingerprint density at radius 2 is 2.21 bits per heavy atom. The first-order valence-corrected chi connectivity index (χ1v) is 11.1. The van der Waals surface area contributed by atoms with E-state index in [0.717, 1.165) is 64.4 Å². The van der Waals surface area contributed by atoms with Crippen molar-refractivity contribution < 1.29 is 9.84 Å². The maximum absolute atomic E-state index is 10.6. The molecule has 28 heavy (non-hydrogen) atoms. The molecule has 0 amide bonds. The summed E-state index contributed by atoms with van der Waals surface area (Å²) in [5, 5.41) is 19.6. The Morgan fingerprint density at radius 1 is 1.43 bits per heavy atom. The highest BCUT2D eigenvalue weighted by Crippen LogP contribution is 2.29. The molecule has 1 aromatic rings. The van der Waals surface area contributed by atoms with Crippen molar-refractivity contribution in [3.8, 4) is 0 Å². The van der Waals surface area contributed by atoms with Crippen molar-refractivity contribution in [2.24, 2.45) is 4.99 Å². The van der Waals surface area contributed by atoms with Gasteiger partial charge in [0.05, 0.1) is 30.9 Å². The molecule has 1 saturated carbocycles. The third-order valence-electron chi connectivity index (χ3n) is 5.46. The van der Waals surface area contributed by atoms with Crippen LogP contribution in [-0.4, -0.2) is 67.0 Å². The molecule has 2 heterocycles. The molecule has 3 N–H and O–H groups in total. The Balaban J connectivity index is 0.00000280. The van der Waals surface area contributed by atoms with Gasteiger partial charge < -0.3 is 20.5 Å². The molecule has 0 aromatic carbocycles. The average molecular weight is 522 g/mol. The van der Waals surface area contributed by atoms with Gasteiger partial charge in [-0.05, 0) is 38.1 Å². The second kappa shape index (κ2) is 11.7. The number of morpholine rings is 1. The average Bonchev–Trinajstić information content (AvgIpc) is 3.32. The lowest BCUT2D eigenvalue weighted by atomic mass is 10.0. The second-order valence-electron chi connectivity index (χ2n) is 7.72. The zero-order valence-electron chi connectivity index (χ0n) is 17.0. The van der Waals surface area contributed by atoms with E-state index in [9.17, 15) is 5.11 Å². The number of hydrogen-bond acceptors (Lipinski definition) is 5. The van der Waals surface area contributed by atoms with E-state index in [-0.39, 0.29) is 30.1 Å². The quantitative estimate of drug-likeness (QED) is 0.292. The van der Waals surface area contributed by atoms with Crippen LogP contribution < -0.4 is 10.6 Å². The molecule has 1 saturated heterocycles. The number of halogens is 1. The van der Waals surface area contributed by atoms with E-state index in [1.807, 2.05) is 0 Å². The van der Waals surface area contributed by atoms with Crippen LogP contribution in [0.3, 0.4) is 0 Å². The summed E-state index contributed by atoms with van der Waals surface area (Å²) in [5.41, 5.74) is -0.616. The van der Waals surface area contributed by atoms with E-state index in [1.54, 1.807) is 11.3 Å². The molecule has 160 valence electrons. The van der Waals surface area contributed by atoms with Crippen LogP contribution in [0.15, 0.2) is 22.5 Å². The van der Waals surface area contributed by atoms with Crippen molar-refractivity contribution in [3.63, 3.8) is 0 Å². The van der Waals surface area contributed by atoms with Crippen LogP contribution >= 0.6 is 35.3 Å². The number of nitrogens with zero attached hydrogens (tertiary/aromatic N) is 2. The highest BCUT2D eigenvalue weighted by Gasteiger charge is 2.31. The zero-order chi connectivity index (χ0) is 19.1. The highest BCUT2D eigenvalue weighted by molar-refractivity contribution is 14.0. The van der Waals surface area contributed by atoms with Gasteiger partial charge in [0.1, 0.15) is 0 Å². The molecule has 0 bridgehead atoms. The largest absolute Gasteiger partial charge is 0.388 e. The van der Waals surface area contributed by atoms with Crippen LogP contribution in [0.25, 0.3) is 0 Å².